The Balaban J connectivity index is 1.88. The van der Waals surface area contributed by atoms with E-state index in [2.05, 4.69) is 35.3 Å². The third kappa shape index (κ3) is 3.24. The van der Waals surface area contributed by atoms with Gasteiger partial charge in [0.15, 0.2) is 0 Å². The first-order chi connectivity index (χ1) is 10.3. The molecule has 2 aliphatic rings. The third-order valence-corrected chi connectivity index (χ3v) is 5.15. The Hall–Kier alpha value is -1.06. The third-order valence-electron chi connectivity index (χ3n) is 5.15. The van der Waals surface area contributed by atoms with Crippen LogP contribution in [0.1, 0.15) is 42.9 Å². The molecule has 0 unspecified atom stereocenters. The summed E-state index contributed by atoms with van der Waals surface area (Å²) in [6, 6.07) is 7.38. The Kier molecular flexibility index (Phi) is 4.81. The van der Waals surface area contributed by atoms with Crippen molar-refractivity contribution in [1.29, 1.82) is 0 Å². The summed E-state index contributed by atoms with van der Waals surface area (Å²) in [4.78, 5) is 2.70. The lowest BCUT2D eigenvalue weighted by atomic mass is 9.89. The van der Waals surface area contributed by atoms with Crippen LogP contribution in [0.15, 0.2) is 18.2 Å². The fraction of sp³-hybridized carbons (Fsp3) is 0.667. The predicted octanol–water partition coefficient (Wildman–Crippen LogP) is 3.14. The number of aryl methyl sites for hydroxylation is 1. The molecule has 1 aliphatic carbocycles. The van der Waals surface area contributed by atoms with Crippen LogP contribution in [0.2, 0.25) is 0 Å². The van der Waals surface area contributed by atoms with Crippen LogP contribution in [0.3, 0.4) is 0 Å². The van der Waals surface area contributed by atoms with Gasteiger partial charge in [-0.15, -0.1) is 0 Å². The molecule has 116 valence electrons. The molecule has 1 aromatic rings. The van der Waals surface area contributed by atoms with Crippen molar-refractivity contribution in [3.05, 3.63) is 29.3 Å². The van der Waals surface area contributed by atoms with Crippen LogP contribution >= 0.6 is 0 Å². The second-order valence-corrected chi connectivity index (χ2v) is 6.50. The monoisotopic (exact) mass is 288 g/mol. The molecular weight excluding hydrogens is 260 g/mol. The topological polar surface area (TPSA) is 24.5 Å². The van der Waals surface area contributed by atoms with Crippen molar-refractivity contribution in [2.24, 2.45) is 5.92 Å². The predicted molar refractivity (Wildman–Crippen MR) is 86.9 cm³/mol. The molecule has 1 aliphatic heterocycles. The quantitative estimate of drug-likeness (QED) is 0.921. The van der Waals surface area contributed by atoms with Crippen molar-refractivity contribution >= 4 is 0 Å². The summed E-state index contributed by atoms with van der Waals surface area (Å²) in [5.74, 6) is 1.83. The molecule has 3 rings (SSSR count). The highest BCUT2D eigenvalue weighted by molar-refractivity contribution is 5.37. The number of rotatable bonds is 4. The first-order valence-electron chi connectivity index (χ1n) is 8.39. The number of nitrogens with one attached hydrogen (secondary N) is 1. The van der Waals surface area contributed by atoms with E-state index in [1.165, 1.54) is 49.9 Å². The second kappa shape index (κ2) is 6.80. The zero-order valence-electron chi connectivity index (χ0n) is 13.4. The van der Waals surface area contributed by atoms with Crippen molar-refractivity contribution in [2.75, 3.05) is 33.3 Å². The van der Waals surface area contributed by atoms with Crippen molar-refractivity contribution in [2.45, 2.75) is 38.6 Å². The largest absolute Gasteiger partial charge is 0.496 e. The summed E-state index contributed by atoms with van der Waals surface area (Å²) < 4.78 is 5.43. The smallest absolute Gasteiger partial charge is 0.121 e. The molecular formula is C18H28N2O. The van der Waals surface area contributed by atoms with Crippen LogP contribution in [0.5, 0.6) is 5.75 Å². The lowest BCUT2D eigenvalue weighted by molar-refractivity contribution is 0.125. The molecule has 0 radical (unpaired) electrons. The minimum Gasteiger partial charge on any atom is -0.496 e. The number of ether oxygens (including phenoxy) is 1. The Morgan fingerprint density at radius 1 is 1.19 bits per heavy atom. The van der Waals surface area contributed by atoms with Crippen LogP contribution in [-0.2, 0) is 0 Å². The highest BCUT2D eigenvalue weighted by Gasteiger charge is 2.31. The van der Waals surface area contributed by atoms with Gasteiger partial charge in [0.05, 0.1) is 7.11 Å². The fourth-order valence-corrected chi connectivity index (χ4v) is 4.10. The first-order valence-corrected chi connectivity index (χ1v) is 8.39. The van der Waals surface area contributed by atoms with Crippen molar-refractivity contribution in [1.82, 2.24) is 10.2 Å². The lowest BCUT2D eigenvalue weighted by Crippen LogP contribution is -2.46. The molecule has 21 heavy (non-hydrogen) atoms. The van der Waals surface area contributed by atoms with E-state index < -0.39 is 0 Å². The zero-order valence-corrected chi connectivity index (χ0v) is 13.4. The van der Waals surface area contributed by atoms with Gasteiger partial charge in [-0.3, -0.25) is 4.90 Å². The van der Waals surface area contributed by atoms with E-state index in [-0.39, 0.29) is 0 Å². The highest BCUT2D eigenvalue weighted by atomic mass is 16.5. The van der Waals surface area contributed by atoms with Crippen LogP contribution in [0.4, 0.5) is 0 Å². The van der Waals surface area contributed by atoms with Crippen molar-refractivity contribution in [3.63, 3.8) is 0 Å². The number of nitrogens with zero attached hydrogens (tertiary/aromatic N) is 1. The van der Waals surface area contributed by atoms with E-state index >= 15 is 0 Å². The number of hydrogen-bond donors (Lipinski definition) is 1. The van der Waals surface area contributed by atoms with Gasteiger partial charge in [0.2, 0.25) is 0 Å². The first kappa shape index (κ1) is 14.9. The van der Waals surface area contributed by atoms with Gasteiger partial charge in [0.1, 0.15) is 5.75 Å². The van der Waals surface area contributed by atoms with Crippen LogP contribution in [0, 0.1) is 12.8 Å². The molecule has 0 spiro atoms. The summed E-state index contributed by atoms with van der Waals surface area (Å²) >= 11 is 0. The van der Waals surface area contributed by atoms with Gasteiger partial charge < -0.3 is 10.1 Å². The zero-order chi connectivity index (χ0) is 14.7. The van der Waals surface area contributed by atoms with Gasteiger partial charge >= 0.3 is 0 Å². The minimum atomic E-state index is 0.596. The molecule has 0 amide bonds. The number of hydrogen-bond acceptors (Lipinski definition) is 3. The number of methoxy groups -OCH3 is 1. The summed E-state index contributed by atoms with van der Waals surface area (Å²) in [6.45, 7) is 6.75. The average molecular weight is 288 g/mol. The Morgan fingerprint density at radius 2 is 1.90 bits per heavy atom. The standard InChI is InChI=1S/C18H28N2O/c1-14-13-16(7-8-17(14)21-2)18(15-5-3-4-6-15)20-11-9-19-10-12-20/h7-8,13,15,18-19H,3-6,9-12H2,1-2H3/t18-/m0/s1. The molecule has 1 heterocycles. The molecule has 1 saturated heterocycles. The highest BCUT2D eigenvalue weighted by Crippen LogP contribution is 2.40. The van der Waals surface area contributed by atoms with Gasteiger partial charge in [-0.1, -0.05) is 25.0 Å². The maximum absolute atomic E-state index is 5.43. The Bertz CT molecular complexity index is 462. The molecule has 3 heteroatoms. The molecule has 1 N–H and O–H groups in total. The van der Waals surface area contributed by atoms with Crippen LogP contribution in [-0.4, -0.2) is 38.2 Å². The summed E-state index contributed by atoms with van der Waals surface area (Å²) in [5, 5.41) is 3.48. The van der Waals surface area contributed by atoms with E-state index in [1.807, 2.05) is 0 Å². The molecule has 0 bridgehead atoms. The average Bonchev–Trinajstić information content (AvgIpc) is 3.03. The van der Waals surface area contributed by atoms with E-state index in [0.29, 0.717) is 6.04 Å². The molecule has 3 nitrogen and oxygen atoms in total. The normalized spacial score (nSPS) is 22.4. The van der Waals surface area contributed by atoms with Gasteiger partial charge in [0.25, 0.3) is 0 Å². The Labute approximate surface area is 128 Å². The fourth-order valence-electron chi connectivity index (χ4n) is 4.10. The maximum atomic E-state index is 5.43. The summed E-state index contributed by atoms with van der Waals surface area (Å²) in [7, 11) is 1.76. The maximum Gasteiger partial charge on any atom is 0.121 e. The summed E-state index contributed by atoms with van der Waals surface area (Å²) in [6.07, 6.45) is 5.59. The van der Waals surface area contributed by atoms with Gasteiger partial charge in [-0.05, 0) is 42.9 Å². The van der Waals surface area contributed by atoms with Gasteiger partial charge in [-0.2, -0.15) is 0 Å². The van der Waals surface area contributed by atoms with E-state index in [0.717, 1.165) is 24.8 Å². The summed E-state index contributed by atoms with van der Waals surface area (Å²) in [5.41, 5.74) is 2.75. The number of benzene rings is 1. The lowest BCUT2D eigenvalue weighted by Gasteiger charge is -2.39. The van der Waals surface area contributed by atoms with E-state index in [1.54, 1.807) is 7.11 Å². The van der Waals surface area contributed by atoms with Gasteiger partial charge in [0, 0.05) is 32.2 Å². The van der Waals surface area contributed by atoms with Crippen molar-refractivity contribution < 1.29 is 4.74 Å². The van der Waals surface area contributed by atoms with Gasteiger partial charge in [-0.25, -0.2) is 0 Å². The molecule has 1 atom stereocenters. The number of piperazine rings is 1. The van der Waals surface area contributed by atoms with E-state index in [4.69, 9.17) is 4.74 Å². The molecule has 1 aromatic carbocycles. The SMILES string of the molecule is COc1ccc([C@H](C2CCCC2)N2CCNCC2)cc1C. The Morgan fingerprint density at radius 3 is 2.52 bits per heavy atom. The van der Waals surface area contributed by atoms with Crippen LogP contribution < -0.4 is 10.1 Å². The minimum absolute atomic E-state index is 0.596. The molecule has 2 fully saturated rings. The van der Waals surface area contributed by atoms with E-state index in [9.17, 15) is 0 Å². The second-order valence-electron chi connectivity index (χ2n) is 6.50. The molecule has 0 aromatic heterocycles. The molecule has 1 saturated carbocycles. The van der Waals surface area contributed by atoms with Crippen molar-refractivity contribution in [3.8, 4) is 5.75 Å². The van der Waals surface area contributed by atoms with Crippen LogP contribution in [0.25, 0.3) is 0 Å².